The van der Waals surface area contributed by atoms with Crippen molar-refractivity contribution in [3.63, 3.8) is 0 Å². The van der Waals surface area contributed by atoms with Gasteiger partial charge in [-0.2, -0.15) is 4.31 Å². The number of hydrogen-bond acceptors (Lipinski definition) is 3. The molecule has 26 heavy (non-hydrogen) atoms. The molecule has 0 atom stereocenters. The van der Waals surface area contributed by atoms with Gasteiger partial charge in [0.05, 0.1) is 4.90 Å². The summed E-state index contributed by atoms with van der Waals surface area (Å²) in [5, 5.41) is 2.76. The van der Waals surface area contributed by atoms with E-state index in [1.165, 1.54) is 28.6 Å². The molecule has 5 nitrogen and oxygen atoms in total. The summed E-state index contributed by atoms with van der Waals surface area (Å²) in [5.41, 5.74) is 1.25. The molecule has 2 aromatic carbocycles. The van der Waals surface area contributed by atoms with E-state index in [9.17, 15) is 17.6 Å². The first-order valence-corrected chi connectivity index (χ1v) is 9.94. The van der Waals surface area contributed by atoms with E-state index in [4.69, 9.17) is 0 Å². The lowest BCUT2D eigenvalue weighted by atomic mass is 9.97. The minimum Gasteiger partial charge on any atom is -0.326 e. The van der Waals surface area contributed by atoms with Crippen LogP contribution in [0.1, 0.15) is 18.4 Å². The molecule has 0 bridgehead atoms. The van der Waals surface area contributed by atoms with E-state index in [0.717, 1.165) is 0 Å². The summed E-state index contributed by atoms with van der Waals surface area (Å²) in [6.07, 6.45) is 0.913. The van der Waals surface area contributed by atoms with Crippen molar-refractivity contribution in [1.82, 2.24) is 4.31 Å². The number of sulfonamides is 1. The highest BCUT2D eigenvalue weighted by molar-refractivity contribution is 7.89. The summed E-state index contributed by atoms with van der Waals surface area (Å²) in [4.78, 5) is 12.7. The Balaban J connectivity index is 1.62. The first-order valence-electron chi connectivity index (χ1n) is 8.50. The molecule has 0 saturated carbocycles. The van der Waals surface area contributed by atoms with Gasteiger partial charge in [0.15, 0.2) is 0 Å². The van der Waals surface area contributed by atoms with Gasteiger partial charge in [-0.1, -0.05) is 18.2 Å². The molecular weight excluding hydrogens is 355 g/mol. The molecule has 0 spiro atoms. The van der Waals surface area contributed by atoms with Gasteiger partial charge in [-0.15, -0.1) is 0 Å². The molecule has 2 aromatic rings. The van der Waals surface area contributed by atoms with Gasteiger partial charge < -0.3 is 5.32 Å². The highest BCUT2D eigenvalue weighted by Gasteiger charge is 2.32. The van der Waals surface area contributed by atoms with Crippen molar-refractivity contribution in [2.24, 2.45) is 5.92 Å². The number of rotatable bonds is 4. The van der Waals surface area contributed by atoms with Crippen LogP contribution in [0.3, 0.4) is 0 Å². The minimum absolute atomic E-state index is 0.162. The molecule has 1 saturated heterocycles. The molecule has 0 unspecified atom stereocenters. The van der Waals surface area contributed by atoms with Crippen molar-refractivity contribution < 1.29 is 17.6 Å². The molecule has 138 valence electrons. The lowest BCUT2D eigenvalue weighted by Gasteiger charge is -2.31. The number of nitrogens with zero attached hydrogens (tertiary/aromatic N) is 1. The van der Waals surface area contributed by atoms with Gasteiger partial charge in [-0.05, 0) is 55.7 Å². The number of anilines is 1. The summed E-state index contributed by atoms with van der Waals surface area (Å²) in [7, 11) is -3.55. The molecule has 3 rings (SSSR count). The van der Waals surface area contributed by atoms with Crippen molar-refractivity contribution in [3.05, 3.63) is 59.9 Å². The Morgan fingerprint density at radius 1 is 1.08 bits per heavy atom. The largest absolute Gasteiger partial charge is 0.326 e. The average molecular weight is 376 g/mol. The summed E-state index contributed by atoms with van der Waals surface area (Å²) in [6, 6.07) is 12.5. The summed E-state index contributed by atoms with van der Waals surface area (Å²) in [5.74, 6) is -0.786. The first kappa shape index (κ1) is 18.5. The lowest BCUT2D eigenvalue weighted by Crippen LogP contribution is -2.41. The molecule has 0 aromatic heterocycles. The van der Waals surface area contributed by atoms with E-state index in [0.29, 0.717) is 42.1 Å². The van der Waals surface area contributed by atoms with Crippen LogP contribution < -0.4 is 5.32 Å². The van der Waals surface area contributed by atoms with Gasteiger partial charge in [0.2, 0.25) is 15.9 Å². The van der Waals surface area contributed by atoms with Gasteiger partial charge in [0, 0.05) is 24.7 Å². The van der Waals surface area contributed by atoms with Gasteiger partial charge in [-0.3, -0.25) is 4.79 Å². The number of amides is 1. The van der Waals surface area contributed by atoms with Crippen LogP contribution in [0.5, 0.6) is 0 Å². The second-order valence-corrected chi connectivity index (χ2v) is 8.35. The van der Waals surface area contributed by atoms with Crippen LogP contribution in [-0.4, -0.2) is 31.7 Å². The van der Waals surface area contributed by atoms with Crippen molar-refractivity contribution in [1.29, 1.82) is 0 Å². The fourth-order valence-corrected chi connectivity index (χ4v) is 4.82. The van der Waals surface area contributed by atoms with Crippen LogP contribution >= 0.6 is 0 Å². The van der Waals surface area contributed by atoms with Crippen LogP contribution in [0, 0.1) is 18.7 Å². The van der Waals surface area contributed by atoms with Gasteiger partial charge >= 0.3 is 0 Å². The lowest BCUT2D eigenvalue weighted by molar-refractivity contribution is -0.120. The van der Waals surface area contributed by atoms with Crippen LogP contribution in [0.4, 0.5) is 10.1 Å². The average Bonchev–Trinajstić information content (AvgIpc) is 2.64. The smallest absolute Gasteiger partial charge is 0.243 e. The van der Waals surface area contributed by atoms with E-state index in [2.05, 4.69) is 5.32 Å². The third-order valence-corrected chi connectivity index (χ3v) is 6.71. The van der Waals surface area contributed by atoms with Crippen LogP contribution in [-0.2, 0) is 14.8 Å². The zero-order valence-electron chi connectivity index (χ0n) is 14.5. The van der Waals surface area contributed by atoms with Crippen LogP contribution in [0.2, 0.25) is 0 Å². The van der Waals surface area contributed by atoms with Gasteiger partial charge in [0.25, 0.3) is 0 Å². The Morgan fingerprint density at radius 2 is 1.69 bits per heavy atom. The highest BCUT2D eigenvalue weighted by Crippen LogP contribution is 2.26. The molecule has 1 N–H and O–H groups in total. The van der Waals surface area contributed by atoms with E-state index in [1.807, 2.05) is 0 Å². The van der Waals surface area contributed by atoms with E-state index >= 15 is 0 Å². The molecule has 1 heterocycles. The molecule has 7 heteroatoms. The molecule has 1 fully saturated rings. The number of halogens is 1. The molecule has 1 amide bonds. The first-order chi connectivity index (χ1) is 12.4. The van der Waals surface area contributed by atoms with E-state index in [-0.39, 0.29) is 17.6 Å². The summed E-state index contributed by atoms with van der Waals surface area (Å²) >= 11 is 0. The monoisotopic (exact) mass is 376 g/mol. The Labute approximate surface area is 152 Å². The van der Waals surface area contributed by atoms with E-state index < -0.39 is 10.0 Å². The topological polar surface area (TPSA) is 66.5 Å². The van der Waals surface area contributed by atoms with Crippen molar-refractivity contribution in [2.45, 2.75) is 24.7 Å². The fourth-order valence-electron chi connectivity index (χ4n) is 3.12. The van der Waals surface area contributed by atoms with Gasteiger partial charge in [0.1, 0.15) is 5.82 Å². The molecular formula is C19H21FN2O3S. The highest BCUT2D eigenvalue weighted by atomic mass is 32.2. The molecule has 0 radical (unpaired) electrons. The van der Waals surface area contributed by atoms with Crippen LogP contribution in [0.15, 0.2) is 53.4 Å². The minimum atomic E-state index is -3.55. The summed E-state index contributed by atoms with van der Waals surface area (Å²) < 4.78 is 40.0. The molecule has 1 aliphatic heterocycles. The number of piperidine rings is 1. The SMILES string of the molecule is Cc1ccccc1S(=O)(=O)N1CCC(C(=O)Nc2ccc(F)cc2)CC1. The van der Waals surface area contributed by atoms with Crippen molar-refractivity contribution in [3.8, 4) is 0 Å². The zero-order valence-corrected chi connectivity index (χ0v) is 15.3. The van der Waals surface area contributed by atoms with Crippen LogP contribution in [0.25, 0.3) is 0 Å². The predicted molar refractivity (Wildman–Crippen MR) is 97.7 cm³/mol. The van der Waals surface area contributed by atoms with E-state index in [1.54, 1.807) is 31.2 Å². The normalized spacial score (nSPS) is 16.4. The Kier molecular flexibility index (Phi) is 5.38. The molecule has 1 aliphatic rings. The third kappa shape index (κ3) is 3.94. The number of benzene rings is 2. The third-order valence-electron chi connectivity index (χ3n) is 4.65. The Hall–Kier alpha value is -2.25. The second kappa shape index (κ2) is 7.55. The second-order valence-electron chi connectivity index (χ2n) is 6.44. The molecule has 0 aliphatic carbocycles. The quantitative estimate of drug-likeness (QED) is 0.891. The van der Waals surface area contributed by atoms with Gasteiger partial charge in [-0.25, -0.2) is 12.8 Å². The number of carbonyl (C=O) groups excluding carboxylic acids is 1. The zero-order chi connectivity index (χ0) is 18.7. The van der Waals surface area contributed by atoms with Crippen molar-refractivity contribution >= 4 is 21.6 Å². The maximum atomic E-state index is 12.9. The Bertz CT molecular complexity index is 889. The fraction of sp³-hybridized carbons (Fsp3) is 0.316. The number of nitrogens with one attached hydrogen (secondary N) is 1. The number of hydrogen-bond donors (Lipinski definition) is 1. The Morgan fingerprint density at radius 3 is 2.31 bits per heavy atom. The number of aryl methyl sites for hydroxylation is 1. The summed E-state index contributed by atoms with van der Waals surface area (Å²) in [6.45, 7) is 2.38. The van der Waals surface area contributed by atoms with Crippen molar-refractivity contribution in [2.75, 3.05) is 18.4 Å². The predicted octanol–water partition coefficient (Wildman–Crippen LogP) is 3.17. The number of carbonyl (C=O) groups is 1. The maximum absolute atomic E-state index is 12.9. The standard InChI is InChI=1S/C19H21FN2O3S/c1-14-4-2-3-5-18(14)26(24,25)22-12-10-15(11-13-22)19(23)21-17-8-6-16(20)7-9-17/h2-9,15H,10-13H2,1H3,(H,21,23). The maximum Gasteiger partial charge on any atom is 0.243 e.